The van der Waals surface area contributed by atoms with Crippen LogP contribution in [0.1, 0.15) is 31.7 Å². The molecule has 0 heterocycles. The van der Waals surface area contributed by atoms with Crippen LogP contribution in [-0.4, -0.2) is 26.3 Å². The van der Waals surface area contributed by atoms with E-state index in [4.69, 9.17) is 5.73 Å². The third kappa shape index (κ3) is 3.99. The molecule has 0 bridgehead atoms. The Morgan fingerprint density at radius 3 is 2.58 bits per heavy atom. The minimum absolute atomic E-state index is 0.0333. The number of sulfonamides is 1. The number of nitrogens with zero attached hydrogens (tertiary/aromatic N) is 1. The largest absolute Gasteiger partial charge is 0.326 e. The average molecular weight is 288 g/mol. The van der Waals surface area contributed by atoms with Crippen molar-refractivity contribution in [3.8, 4) is 0 Å². The number of nitrogens with two attached hydrogens (primary N) is 1. The molecule has 0 aliphatic heterocycles. The van der Waals surface area contributed by atoms with E-state index in [1.807, 2.05) is 6.92 Å². The first-order valence-corrected chi connectivity index (χ1v) is 7.82. The monoisotopic (exact) mass is 288 g/mol. The molecule has 0 atom stereocenters. The molecule has 1 aromatic carbocycles. The zero-order chi connectivity index (χ0) is 14.5. The summed E-state index contributed by atoms with van der Waals surface area (Å²) in [6, 6.07) is 3.67. The Morgan fingerprint density at radius 1 is 1.32 bits per heavy atom. The highest BCUT2D eigenvalue weighted by molar-refractivity contribution is 7.89. The lowest BCUT2D eigenvalue weighted by molar-refractivity contribution is 0.453. The van der Waals surface area contributed by atoms with Gasteiger partial charge in [0.15, 0.2) is 0 Å². The van der Waals surface area contributed by atoms with Crippen LogP contribution in [0.15, 0.2) is 23.1 Å². The van der Waals surface area contributed by atoms with Crippen LogP contribution >= 0.6 is 0 Å². The summed E-state index contributed by atoms with van der Waals surface area (Å²) in [4.78, 5) is -0.0333. The molecule has 0 saturated carbocycles. The Bertz CT molecular complexity index is 517. The number of rotatable bonds is 7. The van der Waals surface area contributed by atoms with E-state index >= 15 is 0 Å². The highest BCUT2D eigenvalue weighted by Gasteiger charge is 2.23. The average Bonchev–Trinajstić information content (AvgIpc) is 2.38. The molecular weight excluding hydrogens is 267 g/mol. The Labute approximate surface area is 114 Å². The number of hydrogen-bond acceptors (Lipinski definition) is 3. The molecule has 108 valence electrons. The minimum atomic E-state index is -3.67. The van der Waals surface area contributed by atoms with Crippen molar-refractivity contribution in [3.05, 3.63) is 29.6 Å². The Morgan fingerprint density at radius 2 is 2.00 bits per heavy atom. The summed E-state index contributed by atoms with van der Waals surface area (Å²) in [5.74, 6) is -0.572. The van der Waals surface area contributed by atoms with Crippen LogP contribution in [0.3, 0.4) is 0 Å². The first-order chi connectivity index (χ1) is 8.93. The van der Waals surface area contributed by atoms with Crippen LogP contribution in [0.5, 0.6) is 0 Å². The fraction of sp³-hybridized carbons (Fsp3) is 0.538. The van der Waals surface area contributed by atoms with Gasteiger partial charge in [-0.3, -0.25) is 0 Å². The van der Waals surface area contributed by atoms with Gasteiger partial charge in [-0.05, 0) is 24.1 Å². The molecule has 6 heteroatoms. The van der Waals surface area contributed by atoms with E-state index < -0.39 is 15.8 Å². The van der Waals surface area contributed by atoms with Gasteiger partial charge >= 0.3 is 0 Å². The van der Waals surface area contributed by atoms with Crippen molar-refractivity contribution < 1.29 is 12.8 Å². The van der Waals surface area contributed by atoms with Crippen molar-refractivity contribution >= 4 is 10.0 Å². The zero-order valence-corrected chi connectivity index (χ0v) is 12.2. The first kappa shape index (κ1) is 16.1. The van der Waals surface area contributed by atoms with E-state index in [1.165, 1.54) is 23.5 Å². The Balaban J connectivity index is 3.02. The van der Waals surface area contributed by atoms with Gasteiger partial charge in [-0.15, -0.1) is 0 Å². The topological polar surface area (TPSA) is 63.4 Å². The summed E-state index contributed by atoms with van der Waals surface area (Å²) in [6.45, 7) is 2.54. The molecule has 0 unspecified atom stereocenters. The van der Waals surface area contributed by atoms with Gasteiger partial charge in [0.1, 0.15) is 5.82 Å². The lowest BCUT2D eigenvalue weighted by Gasteiger charge is -2.19. The molecule has 2 N–H and O–H groups in total. The predicted octanol–water partition coefficient (Wildman–Crippen LogP) is 2.10. The molecule has 0 aromatic heterocycles. The number of hydrogen-bond donors (Lipinski definition) is 1. The second kappa shape index (κ2) is 6.98. The van der Waals surface area contributed by atoms with Crippen LogP contribution in [0.25, 0.3) is 0 Å². The van der Waals surface area contributed by atoms with Crippen molar-refractivity contribution in [3.63, 3.8) is 0 Å². The predicted molar refractivity (Wildman–Crippen MR) is 73.6 cm³/mol. The quantitative estimate of drug-likeness (QED) is 0.781. The van der Waals surface area contributed by atoms with Gasteiger partial charge in [0.25, 0.3) is 0 Å². The summed E-state index contributed by atoms with van der Waals surface area (Å²) in [7, 11) is -2.16. The molecule has 1 rings (SSSR count). The van der Waals surface area contributed by atoms with Gasteiger partial charge in [-0.2, -0.15) is 0 Å². The maximum atomic E-state index is 13.3. The van der Waals surface area contributed by atoms with Crippen molar-refractivity contribution in [2.75, 3.05) is 13.6 Å². The van der Waals surface area contributed by atoms with Crippen molar-refractivity contribution in [1.82, 2.24) is 4.31 Å². The van der Waals surface area contributed by atoms with Crippen molar-refractivity contribution in [2.24, 2.45) is 5.73 Å². The molecule has 0 fully saturated rings. The Kier molecular flexibility index (Phi) is 5.90. The van der Waals surface area contributed by atoms with Gasteiger partial charge < -0.3 is 5.73 Å². The fourth-order valence-corrected chi connectivity index (χ4v) is 3.26. The highest BCUT2D eigenvalue weighted by atomic mass is 32.2. The second-order valence-electron chi connectivity index (χ2n) is 4.49. The van der Waals surface area contributed by atoms with Crippen LogP contribution in [0, 0.1) is 5.82 Å². The maximum Gasteiger partial charge on any atom is 0.243 e. The van der Waals surface area contributed by atoms with Crippen molar-refractivity contribution in [2.45, 2.75) is 37.6 Å². The van der Waals surface area contributed by atoms with Gasteiger partial charge in [0.2, 0.25) is 10.0 Å². The second-order valence-corrected chi connectivity index (χ2v) is 6.50. The van der Waals surface area contributed by atoms with Crippen molar-refractivity contribution in [1.29, 1.82) is 0 Å². The van der Waals surface area contributed by atoms with E-state index in [0.717, 1.165) is 25.3 Å². The summed E-state index contributed by atoms with van der Waals surface area (Å²) in [5, 5.41) is 0. The third-order valence-corrected chi connectivity index (χ3v) is 4.95. The molecule has 1 aromatic rings. The van der Waals surface area contributed by atoms with E-state index in [2.05, 4.69) is 0 Å². The molecule has 0 spiro atoms. The summed E-state index contributed by atoms with van der Waals surface area (Å²) < 4.78 is 39.2. The van der Waals surface area contributed by atoms with Crippen LogP contribution in [0.2, 0.25) is 0 Å². The van der Waals surface area contributed by atoms with E-state index in [-0.39, 0.29) is 11.4 Å². The molecule has 0 amide bonds. The van der Waals surface area contributed by atoms with Crippen LogP contribution in [0.4, 0.5) is 4.39 Å². The molecule has 19 heavy (non-hydrogen) atoms. The summed E-state index contributed by atoms with van der Waals surface area (Å²) in [5.41, 5.74) is 5.95. The van der Waals surface area contributed by atoms with Crippen LogP contribution < -0.4 is 5.73 Å². The number of unbranched alkanes of at least 4 members (excludes halogenated alkanes) is 2. The molecule has 4 nitrogen and oxygen atoms in total. The molecule has 0 aliphatic carbocycles. The summed E-state index contributed by atoms with van der Waals surface area (Å²) >= 11 is 0. The molecule has 0 saturated heterocycles. The van der Waals surface area contributed by atoms with Gasteiger partial charge in [0, 0.05) is 20.1 Å². The maximum absolute atomic E-state index is 13.3. The Hall–Kier alpha value is -0.980. The molecule has 0 radical (unpaired) electrons. The fourth-order valence-electron chi connectivity index (χ4n) is 1.81. The molecule has 0 aliphatic rings. The first-order valence-electron chi connectivity index (χ1n) is 6.38. The lowest BCUT2D eigenvalue weighted by atomic mass is 10.2. The van der Waals surface area contributed by atoms with E-state index in [0.29, 0.717) is 12.1 Å². The van der Waals surface area contributed by atoms with Gasteiger partial charge in [0.05, 0.1) is 4.90 Å². The third-order valence-electron chi connectivity index (χ3n) is 3.01. The smallest absolute Gasteiger partial charge is 0.243 e. The summed E-state index contributed by atoms with van der Waals surface area (Å²) in [6.07, 6.45) is 2.77. The lowest BCUT2D eigenvalue weighted by Crippen LogP contribution is -2.29. The normalized spacial score (nSPS) is 12.1. The number of halogens is 1. The zero-order valence-electron chi connectivity index (χ0n) is 11.4. The van der Waals surface area contributed by atoms with Crippen LogP contribution in [-0.2, 0) is 16.6 Å². The standard InChI is InChI=1S/C13H21FN2O2S/c1-3-4-5-8-16(2)19(17,18)13-9-12(14)7-6-11(13)10-15/h6-7,9H,3-5,8,10,15H2,1-2H3. The molecular formula is C13H21FN2O2S. The van der Waals surface area contributed by atoms with E-state index in [9.17, 15) is 12.8 Å². The highest BCUT2D eigenvalue weighted by Crippen LogP contribution is 2.21. The van der Waals surface area contributed by atoms with E-state index in [1.54, 1.807) is 0 Å². The van der Waals surface area contributed by atoms with Gasteiger partial charge in [-0.1, -0.05) is 25.8 Å². The number of benzene rings is 1. The SMILES string of the molecule is CCCCCN(C)S(=O)(=O)c1cc(F)ccc1CN. The van der Waals surface area contributed by atoms with Gasteiger partial charge in [-0.25, -0.2) is 17.1 Å². The minimum Gasteiger partial charge on any atom is -0.326 e.